The number of para-hydroxylation sites is 1. The average molecular weight is 848 g/mol. The fourth-order valence-corrected chi connectivity index (χ4v) is 9.34. The van der Waals surface area contributed by atoms with Crippen LogP contribution in [0, 0.1) is 5.92 Å². The van der Waals surface area contributed by atoms with E-state index in [1.807, 2.05) is 41.0 Å². The second-order valence-electron chi connectivity index (χ2n) is 14.3. The standard InChI is InChI=1S/C38H49Br2N5O7/c1-2-51-34(46)24-25-7-14-42(15-8-25)28-10-16-43(17-11-28)36(48)33(23-26-21-30(39)35(47)31(40)22-26)52-38(50)44-18-12-29(13-19-44)45-20-9-27-5-3-4-6-32(27)41-37(45)49/h3-6,21-22,25,28-29,33,47H,2,7-20,23-24H2,1H3,(H,41,49)/t33-/m1/s1. The van der Waals surface area contributed by atoms with Gasteiger partial charge in [-0.25, -0.2) is 9.59 Å². The van der Waals surface area contributed by atoms with Crippen molar-refractivity contribution in [3.8, 4) is 5.75 Å². The van der Waals surface area contributed by atoms with Crippen LogP contribution >= 0.6 is 31.9 Å². The molecule has 3 saturated heterocycles. The smallest absolute Gasteiger partial charge is 0.410 e. The van der Waals surface area contributed by atoms with Crippen LogP contribution in [0.3, 0.4) is 0 Å². The molecule has 2 aromatic rings. The highest BCUT2D eigenvalue weighted by Crippen LogP contribution is 2.34. The average Bonchev–Trinajstić information content (AvgIpc) is 3.31. The molecule has 2 aromatic carbocycles. The molecule has 1 atom stereocenters. The maximum atomic E-state index is 14.1. The molecular weight excluding hydrogens is 798 g/mol. The molecule has 0 spiro atoms. The summed E-state index contributed by atoms with van der Waals surface area (Å²) in [4.78, 5) is 60.7. The minimum Gasteiger partial charge on any atom is -0.506 e. The number of rotatable bonds is 9. The Labute approximate surface area is 322 Å². The second kappa shape index (κ2) is 17.6. The first kappa shape index (κ1) is 38.4. The maximum Gasteiger partial charge on any atom is 0.410 e. The number of phenolic OH excluding ortho intramolecular Hbond substituents is 1. The topological polar surface area (TPSA) is 132 Å². The first-order valence-electron chi connectivity index (χ1n) is 18.6. The number of fused-ring (bicyclic) bond motifs is 1. The number of benzene rings is 2. The molecule has 0 aromatic heterocycles. The third-order valence-electron chi connectivity index (χ3n) is 11.0. The number of halogens is 2. The normalized spacial score (nSPS) is 20.1. The number of nitrogens with zero attached hydrogens (tertiary/aromatic N) is 4. The van der Waals surface area contributed by atoms with Crippen LogP contribution in [0.1, 0.15) is 63.0 Å². The highest BCUT2D eigenvalue weighted by atomic mass is 79.9. The summed E-state index contributed by atoms with van der Waals surface area (Å²) in [6.45, 7) is 6.68. The van der Waals surface area contributed by atoms with Crippen molar-refractivity contribution in [2.75, 3.05) is 57.7 Å². The zero-order chi connectivity index (χ0) is 36.8. The van der Waals surface area contributed by atoms with E-state index in [9.17, 15) is 24.3 Å². The Hall–Kier alpha value is -3.36. The molecule has 3 fully saturated rings. The zero-order valence-corrected chi connectivity index (χ0v) is 32.9. The first-order chi connectivity index (χ1) is 25.1. The predicted molar refractivity (Wildman–Crippen MR) is 203 cm³/mol. The third-order valence-corrected chi connectivity index (χ3v) is 12.2. The lowest BCUT2D eigenvalue weighted by Gasteiger charge is -2.42. The summed E-state index contributed by atoms with van der Waals surface area (Å²) in [6.07, 6.45) is 4.62. The minimum absolute atomic E-state index is 0.00728. The molecule has 4 heterocycles. The van der Waals surface area contributed by atoms with Crippen molar-refractivity contribution < 1.29 is 33.8 Å². The number of phenols is 1. The molecule has 0 unspecified atom stereocenters. The van der Waals surface area contributed by atoms with E-state index in [4.69, 9.17) is 9.47 Å². The van der Waals surface area contributed by atoms with Gasteiger partial charge in [0.15, 0.2) is 6.10 Å². The number of esters is 1. The quantitative estimate of drug-likeness (QED) is 0.287. The van der Waals surface area contributed by atoms with E-state index in [1.54, 1.807) is 17.0 Å². The number of nitrogens with one attached hydrogen (secondary N) is 1. The molecule has 0 radical (unpaired) electrons. The van der Waals surface area contributed by atoms with Crippen molar-refractivity contribution in [1.82, 2.24) is 19.6 Å². The van der Waals surface area contributed by atoms with Crippen LogP contribution in [0.15, 0.2) is 45.3 Å². The number of hydrogen-bond acceptors (Lipinski definition) is 8. The van der Waals surface area contributed by atoms with Crippen molar-refractivity contribution >= 4 is 61.5 Å². The largest absolute Gasteiger partial charge is 0.506 e. The number of ether oxygens (including phenoxy) is 2. The second-order valence-corrected chi connectivity index (χ2v) is 16.0. The van der Waals surface area contributed by atoms with Crippen LogP contribution in [-0.2, 0) is 31.9 Å². The molecule has 4 amide bonds. The monoisotopic (exact) mass is 845 g/mol. The van der Waals surface area contributed by atoms with Gasteiger partial charge in [-0.1, -0.05) is 18.2 Å². The Morgan fingerprint density at radius 2 is 1.52 bits per heavy atom. The molecule has 52 heavy (non-hydrogen) atoms. The van der Waals surface area contributed by atoms with Gasteiger partial charge in [0.1, 0.15) is 5.75 Å². The Balaban J connectivity index is 1.05. The molecule has 0 bridgehead atoms. The first-order valence-corrected chi connectivity index (χ1v) is 20.1. The minimum atomic E-state index is -1.04. The van der Waals surface area contributed by atoms with Gasteiger partial charge in [0.2, 0.25) is 0 Å². The van der Waals surface area contributed by atoms with Crippen LogP contribution in [0.25, 0.3) is 0 Å². The Kier molecular flexibility index (Phi) is 13.0. The lowest BCUT2D eigenvalue weighted by atomic mass is 9.91. The molecule has 0 aliphatic carbocycles. The van der Waals surface area contributed by atoms with Crippen LogP contribution < -0.4 is 5.32 Å². The molecule has 4 aliphatic heterocycles. The summed E-state index contributed by atoms with van der Waals surface area (Å²) >= 11 is 6.77. The molecule has 282 valence electrons. The Morgan fingerprint density at radius 3 is 2.19 bits per heavy atom. The highest BCUT2D eigenvalue weighted by Gasteiger charge is 2.37. The van der Waals surface area contributed by atoms with Gasteiger partial charge in [0, 0.05) is 63.3 Å². The van der Waals surface area contributed by atoms with Gasteiger partial charge in [0.25, 0.3) is 5.91 Å². The van der Waals surface area contributed by atoms with Crippen LogP contribution in [0.4, 0.5) is 15.3 Å². The molecule has 4 aliphatic rings. The number of hydrogen-bond donors (Lipinski definition) is 2. The lowest BCUT2D eigenvalue weighted by molar-refractivity contribution is -0.144. The fourth-order valence-electron chi connectivity index (χ4n) is 8.06. The summed E-state index contributed by atoms with van der Waals surface area (Å²) in [5.41, 5.74) is 2.69. The SMILES string of the molecule is CCOC(=O)CC1CCN(C2CCN(C(=O)[C@@H](Cc3cc(Br)c(O)c(Br)c3)OC(=O)N3CCC(N4CCc5ccccc5NC4=O)CC3)CC2)CC1. The van der Waals surface area contributed by atoms with Crippen molar-refractivity contribution in [2.45, 2.75) is 82.9 Å². The summed E-state index contributed by atoms with van der Waals surface area (Å²) < 4.78 is 12.1. The van der Waals surface area contributed by atoms with Gasteiger partial charge in [-0.2, -0.15) is 0 Å². The molecule has 0 saturated carbocycles. The van der Waals surface area contributed by atoms with E-state index in [0.29, 0.717) is 79.5 Å². The highest BCUT2D eigenvalue weighted by molar-refractivity contribution is 9.11. The zero-order valence-electron chi connectivity index (χ0n) is 29.7. The Bertz CT molecular complexity index is 1580. The van der Waals surface area contributed by atoms with Gasteiger partial charge in [0.05, 0.1) is 15.6 Å². The van der Waals surface area contributed by atoms with E-state index >= 15 is 0 Å². The van der Waals surface area contributed by atoms with Crippen LogP contribution in [0.5, 0.6) is 5.75 Å². The number of amides is 4. The van der Waals surface area contributed by atoms with Gasteiger partial charge in [-0.3, -0.25) is 9.59 Å². The summed E-state index contributed by atoms with van der Waals surface area (Å²) in [5, 5.41) is 13.3. The lowest BCUT2D eigenvalue weighted by Crippen LogP contribution is -2.53. The summed E-state index contributed by atoms with van der Waals surface area (Å²) in [6, 6.07) is 11.6. The van der Waals surface area contributed by atoms with Gasteiger partial charge in [-0.15, -0.1) is 0 Å². The van der Waals surface area contributed by atoms with E-state index in [1.165, 1.54) is 0 Å². The summed E-state index contributed by atoms with van der Waals surface area (Å²) in [5.74, 6) is 0.0642. The molecule has 6 rings (SSSR count). The van der Waals surface area contributed by atoms with Gasteiger partial charge >= 0.3 is 18.1 Å². The third kappa shape index (κ3) is 9.40. The predicted octanol–water partition coefficient (Wildman–Crippen LogP) is 6.18. The van der Waals surface area contributed by atoms with Crippen molar-refractivity contribution in [3.05, 3.63) is 56.5 Å². The van der Waals surface area contributed by atoms with Crippen LogP contribution in [0.2, 0.25) is 0 Å². The van der Waals surface area contributed by atoms with E-state index in [2.05, 4.69) is 42.1 Å². The number of aromatic hydroxyl groups is 1. The molecule has 14 heteroatoms. The number of likely N-dealkylation sites (tertiary alicyclic amines) is 3. The maximum absolute atomic E-state index is 14.1. The van der Waals surface area contributed by atoms with Gasteiger partial charge in [-0.05, 0) is 132 Å². The van der Waals surface area contributed by atoms with E-state index < -0.39 is 12.2 Å². The van der Waals surface area contributed by atoms with E-state index in [0.717, 1.165) is 62.0 Å². The molecule has 12 nitrogen and oxygen atoms in total. The molecule has 2 N–H and O–H groups in total. The number of carbonyl (C=O) groups is 4. The van der Waals surface area contributed by atoms with Crippen molar-refractivity contribution in [1.29, 1.82) is 0 Å². The molecular formula is C38H49Br2N5O7. The number of anilines is 1. The van der Waals surface area contributed by atoms with Crippen molar-refractivity contribution in [2.24, 2.45) is 5.92 Å². The summed E-state index contributed by atoms with van der Waals surface area (Å²) in [7, 11) is 0. The van der Waals surface area contributed by atoms with E-state index in [-0.39, 0.29) is 36.1 Å². The van der Waals surface area contributed by atoms with Gasteiger partial charge < -0.3 is 39.5 Å². The van der Waals surface area contributed by atoms with Crippen LogP contribution in [-0.4, -0.2) is 119 Å². The fraction of sp³-hybridized carbons (Fsp3) is 0.579. The number of carbonyl (C=O) groups excluding carboxylic acids is 4. The number of urea groups is 1. The van der Waals surface area contributed by atoms with Crippen molar-refractivity contribution in [3.63, 3.8) is 0 Å². The Morgan fingerprint density at radius 1 is 0.885 bits per heavy atom. The number of piperidine rings is 3.